The van der Waals surface area contributed by atoms with E-state index < -0.39 is 30.1 Å². The van der Waals surface area contributed by atoms with Crippen molar-refractivity contribution in [1.82, 2.24) is 4.57 Å². The second-order valence-electron chi connectivity index (χ2n) is 6.95. The number of hydrogen-bond acceptors (Lipinski definition) is 4. The summed E-state index contributed by atoms with van der Waals surface area (Å²) in [6.07, 6.45) is -2.10. The second-order valence-corrected chi connectivity index (χ2v) is 8.61. The fourth-order valence-electron chi connectivity index (χ4n) is 2.92. The SMILES string of the molecule is CC(=O)Nc1cccc(C#Cc2cc(C(=O)Cc3cc(F)c(=O)n(CC(F)F)c3)sc2Cl)c1. The van der Waals surface area contributed by atoms with Gasteiger partial charge in [0.05, 0.1) is 17.0 Å². The smallest absolute Gasteiger partial charge is 0.286 e. The van der Waals surface area contributed by atoms with E-state index in [4.69, 9.17) is 11.6 Å². The number of Topliss-reactive ketones (excluding diaryl/α,β-unsaturated/α-hetero) is 1. The van der Waals surface area contributed by atoms with E-state index in [1.165, 1.54) is 13.0 Å². The van der Waals surface area contributed by atoms with Crippen molar-refractivity contribution in [3.63, 3.8) is 0 Å². The maximum Gasteiger partial charge on any atom is 0.286 e. The van der Waals surface area contributed by atoms with Crippen molar-refractivity contribution in [1.29, 1.82) is 0 Å². The fourth-order valence-corrected chi connectivity index (χ4v) is 4.05. The van der Waals surface area contributed by atoms with Crippen molar-refractivity contribution in [3.8, 4) is 11.8 Å². The molecule has 0 aliphatic rings. The summed E-state index contributed by atoms with van der Waals surface area (Å²) in [7, 11) is 0. The molecule has 170 valence electrons. The maximum atomic E-state index is 13.8. The normalized spacial score (nSPS) is 10.6. The summed E-state index contributed by atoms with van der Waals surface area (Å²) in [5, 5.41) is 2.65. The molecule has 2 aromatic heterocycles. The number of hydrogen-bond donors (Lipinski definition) is 1. The van der Waals surface area contributed by atoms with Crippen molar-refractivity contribution < 1.29 is 22.8 Å². The predicted octanol–water partition coefficient (Wildman–Crippen LogP) is 4.75. The third kappa shape index (κ3) is 6.57. The third-order valence-corrected chi connectivity index (χ3v) is 5.68. The van der Waals surface area contributed by atoms with Gasteiger partial charge < -0.3 is 9.88 Å². The minimum atomic E-state index is -2.84. The number of anilines is 1. The molecule has 1 N–H and O–H groups in total. The van der Waals surface area contributed by atoms with E-state index >= 15 is 0 Å². The van der Waals surface area contributed by atoms with E-state index in [9.17, 15) is 27.6 Å². The quantitative estimate of drug-likeness (QED) is 0.399. The molecule has 0 spiro atoms. The zero-order valence-corrected chi connectivity index (χ0v) is 18.7. The highest BCUT2D eigenvalue weighted by atomic mass is 35.5. The molecule has 0 saturated carbocycles. The molecule has 33 heavy (non-hydrogen) atoms. The molecule has 0 unspecified atom stereocenters. The number of thiophene rings is 1. The average molecular weight is 493 g/mol. The molecule has 2 heterocycles. The molecule has 0 fully saturated rings. The standard InChI is InChI=1S/C23H16ClF3N2O3S/c1-13(30)28-17-4-2-3-14(7-17)5-6-16-10-20(33-22(16)24)19(31)9-15-8-18(25)23(32)29(11-15)12-21(26)27/h2-4,7-8,10-11,21H,9,12H2,1H3,(H,28,30). The van der Waals surface area contributed by atoms with Gasteiger partial charge in [-0.1, -0.05) is 29.5 Å². The summed E-state index contributed by atoms with van der Waals surface area (Å²) in [5.41, 5.74) is 0.523. The van der Waals surface area contributed by atoms with Crippen LogP contribution in [0.5, 0.6) is 0 Å². The number of nitrogens with one attached hydrogen (secondary N) is 1. The molecule has 0 radical (unpaired) electrons. The summed E-state index contributed by atoms with van der Waals surface area (Å²) in [4.78, 5) is 35.7. The summed E-state index contributed by atoms with van der Waals surface area (Å²) in [6, 6.07) is 9.23. The molecule has 3 rings (SSSR count). The van der Waals surface area contributed by atoms with Crippen LogP contribution in [-0.2, 0) is 17.8 Å². The van der Waals surface area contributed by atoms with Gasteiger partial charge in [0.15, 0.2) is 11.6 Å². The molecular weight excluding hydrogens is 477 g/mol. The van der Waals surface area contributed by atoms with Crippen LogP contribution in [0.25, 0.3) is 0 Å². The van der Waals surface area contributed by atoms with Crippen LogP contribution >= 0.6 is 22.9 Å². The van der Waals surface area contributed by atoms with Crippen LogP contribution in [-0.4, -0.2) is 22.7 Å². The number of carbonyl (C=O) groups is 2. The number of aromatic nitrogens is 1. The second kappa shape index (κ2) is 10.5. The highest BCUT2D eigenvalue weighted by Gasteiger charge is 2.16. The van der Waals surface area contributed by atoms with Gasteiger partial charge in [-0.3, -0.25) is 14.4 Å². The monoisotopic (exact) mass is 492 g/mol. The first-order chi connectivity index (χ1) is 15.6. The van der Waals surface area contributed by atoms with E-state index in [0.29, 0.717) is 21.4 Å². The Labute approximate surface area is 195 Å². The van der Waals surface area contributed by atoms with E-state index in [2.05, 4.69) is 17.2 Å². The van der Waals surface area contributed by atoms with Crippen LogP contribution in [0.4, 0.5) is 18.9 Å². The van der Waals surface area contributed by atoms with Crippen molar-refractivity contribution in [2.24, 2.45) is 0 Å². The van der Waals surface area contributed by atoms with Crippen molar-refractivity contribution in [2.45, 2.75) is 26.3 Å². The lowest BCUT2D eigenvalue weighted by Gasteiger charge is -2.08. The Bertz CT molecular complexity index is 1340. The molecule has 0 aliphatic heterocycles. The molecule has 3 aromatic rings. The molecule has 0 bridgehead atoms. The van der Waals surface area contributed by atoms with E-state index in [1.54, 1.807) is 24.3 Å². The van der Waals surface area contributed by atoms with E-state index in [0.717, 1.165) is 23.6 Å². The van der Waals surface area contributed by atoms with E-state index in [-0.39, 0.29) is 27.1 Å². The lowest BCUT2D eigenvalue weighted by Crippen LogP contribution is -2.26. The average Bonchev–Trinajstić information content (AvgIpc) is 3.10. The van der Waals surface area contributed by atoms with Crippen LogP contribution < -0.4 is 10.9 Å². The lowest BCUT2D eigenvalue weighted by molar-refractivity contribution is -0.114. The minimum absolute atomic E-state index is 0.0877. The molecule has 0 saturated heterocycles. The van der Waals surface area contributed by atoms with Gasteiger partial charge in [0, 0.05) is 30.8 Å². The first kappa shape index (κ1) is 24.3. The van der Waals surface area contributed by atoms with Crippen molar-refractivity contribution in [2.75, 3.05) is 5.32 Å². The number of nitrogens with zero attached hydrogens (tertiary/aromatic N) is 1. The van der Waals surface area contributed by atoms with Gasteiger partial charge in [0.25, 0.3) is 12.0 Å². The zero-order chi connectivity index (χ0) is 24.1. The van der Waals surface area contributed by atoms with Gasteiger partial charge in [-0.25, -0.2) is 13.2 Å². The minimum Gasteiger partial charge on any atom is -0.326 e. The molecule has 0 atom stereocenters. The molecule has 1 amide bonds. The van der Waals surface area contributed by atoms with Crippen LogP contribution in [0, 0.1) is 17.7 Å². The van der Waals surface area contributed by atoms with Gasteiger partial charge >= 0.3 is 0 Å². The Morgan fingerprint density at radius 2 is 1.97 bits per heavy atom. The largest absolute Gasteiger partial charge is 0.326 e. The Hall–Kier alpha value is -3.35. The maximum absolute atomic E-state index is 13.8. The Morgan fingerprint density at radius 3 is 2.67 bits per heavy atom. The van der Waals surface area contributed by atoms with Gasteiger partial charge in [-0.05, 0) is 35.9 Å². The Balaban J connectivity index is 1.79. The number of alkyl halides is 2. The van der Waals surface area contributed by atoms with Gasteiger partial charge in [0.2, 0.25) is 5.91 Å². The summed E-state index contributed by atoms with van der Waals surface area (Å²) in [5.74, 6) is 3.93. The molecule has 0 aliphatic carbocycles. The number of ketones is 1. The number of amides is 1. The first-order valence-corrected chi connectivity index (χ1v) is 10.7. The highest BCUT2D eigenvalue weighted by Crippen LogP contribution is 2.28. The Kier molecular flexibility index (Phi) is 7.74. The van der Waals surface area contributed by atoms with Crippen LogP contribution in [0.1, 0.15) is 33.3 Å². The van der Waals surface area contributed by atoms with Crippen molar-refractivity contribution in [3.05, 3.63) is 84.7 Å². The van der Waals surface area contributed by atoms with Crippen LogP contribution in [0.3, 0.4) is 0 Å². The molecule has 1 aromatic carbocycles. The summed E-state index contributed by atoms with van der Waals surface area (Å²) in [6.45, 7) is 0.426. The Morgan fingerprint density at radius 1 is 1.21 bits per heavy atom. The van der Waals surface area contributed by atoms with E-state index in [1.807, 2.05) is 0 Å². The van der Waals surface area contributed by atoms with Gasteiger partial charge in [-0.15, -0.1) is 11.3 Å². The summed E-state index contributed by atoms with van der Waals surface area (Å²) >= 11 is 7.19. The molecular formula is C23H16ClF3N2O3S. The highest BCUT2D eigenvalue weighted by molar-refractivity contribution is 7.18. The van der Waals surface area contributed by atoms with Crippen molar-refractivity contribution >= 4 is 40.3 Å². The zero-order valence-electron chi connectivity index (χ0n) is 17.1. The van der Waals surface area contributed by atoms with Gasteiger partial charge in [0.1, 0.15) is 4.34 Å². The number of benzene rings is 1. The van der Waals surface area contributed by atoms with Crippen LogP contribution in [0.15, 0.2) is 47.4 Å². The molecule has 5 nitrogen and oxygen atoms in total. The topological polar surface area (TPSA) is 68.2 Å². The predicted molar refractivity (Wildman–Crippen MR) is 121 cm³/mol. The van der Waals surface area contributed by atoms with Gasteiger partial charge in [-0.2, -0.15) is 0 Å². The summed E-state index contributed by atoms with van der Waals surface area (Å²) < 4.78 is 39.9. The number of pyridine rings is 1. The number of carbonyl (C=O) groups excluding carboxylic acids is 2. The lowest BCUT2D eigenvalue weighted by atomic mass is 10.1. The first-order valence-electron chi connectivity index (χ1n) is 9.51. The number of halogens is 4. The van der Waals surface area contributed by atoms with Crippen LogP contribution in [0.2, 0.25) is 4.34 Å². The number of rotatable bonds is 6. The fraction of sp³-hybridized carbons (Fsp3) is 0.174. The molecule has 10 heteroatoms. The third-order valence-electron chi connectivity index (χ3n) is 4.28.